The van der Waals surface area contributed by atoms with E-state index in [1.54, 1.807) is 7.11 Å². The molecule has 2 unspecified atom stereocenters. The second kappa shape index (κ2) is 5.00. The van der Waals surface area contributed by atoms with Crippen LogP contribution in [0.3, 0.4) is 0 Å². The molecule has 0 aliphatic heterocycles. The number of hydrogen-bond donors (Lipinski definition) is 1. The van der Waals surface area contributed by atoms with Gasteiger partial charge in [-0.05, 0) is 43.1 Å². The number of methoxy groups -OCH3 is 1. The Hall–Kier alpha value is -1.29. The number of fused-ring (bicyclic) bond motifs is 1. The number of aromatic nitrogens is 2. The van der Waals surface area contributed by atoms with Crippen molar-refractivity contribution in [2.24, 2.45) is 5.92 Å². The van der Waals surface area contributed by atoms with Gasteiger partial charge in [-0.1, -0.05) is 19.8 Å². The van der Waals surface area contributed by atoms with Crippen LogP contribution >= 0.6 is 12.2 Å². The van der Waals surface area contributed by atoms with Crippen LogP contribution in [0.25, 0.3) is 11.0 Å². The molecule has 0 bridgehead atoms. The summed E-state index contributed by atoms with van der Waals surface area (Å²) in [5.74, 6) is 1.66. The van der Waals surface area contributed by atoms with E-state index in [0.29, 0.717) is 6.04 Å². The van der Waals surface area contributed by atoms with Crippen molar-refractivity contribution in [1.29, 1.82) is 0 Å². The Morgan fingerprint density at radius 2 is 2.21 bits per heavy atom. The topological polar surface area (TPSA) is 29.9 Å². The van der Waals surface area contributed by atoms with E-state index < -0.39 is 0 Å². The van der Waals surface area contributed by atoms with Crippen LogP contribution in [0.15, 0.2) is 18.2 Å². The van der Waals surface area contributed by atoms with Gasteiger partial charge >= 0.3 is 0 Å². The number of benzene rings is 1. The quantitative estimate of drug-likeness (QED) is 0.821. The Bertz CT molecular complexity index is 643. The highest BCUT2D eigenvalue weighted by Gasteiger charge is 2.22. The number of nitrogens with one attached hydrogen (secondary N) is 1. The van der Waals surface area contributed by atoms with Crippen molar-refractivity contribution in [3.8, 4) is 5.75 Å². The number of aromatic amines is 1. The van der Waals surface area contributed by atoms with Gasteiger partial charge in [0.2, 0.25) is 0 Å². The summed E-state index contributed by atoms with van der Waals surface area (Å²) in [6.07, 6.45) is 5.11. The first-order chi connectivity index (χ1) is 9.19. The summed E-state index contributed by atoms with van der Waals surface area (Å²) in [6, 6.07) is 6.68. The molecule has 2 atom stereocenters. The number of H-pyrrole nitrogens is 1. The molecule has 3 nitrogen and oxygen atoms in total. The van der Waals surface area contributed by atoms with Crippen molar-refractivity contribution in [3.63, 3.8) is 0 Å². The predicted octanol–water partition coefficient (Wildman–Crippen LogP) is 4.46. The maximum atomic E-state index is 5.52. The van der Waals surface area contributed by atoms with Crippen LogP contribution in [-0.2, 0) is 0 Å². The zero-order chi connectivity index (χ0) is 13.4. The van der Waals surface area contributed by atoms with E-state index in [1.807, 2.05) is 12.1 Å². The predicted molar refractivity (Wildman–Crippen MR) is 80.3 cm³/mol. The van der Waals surface area contributed by atoms with Crippen LogP contribution in [0.1, 0.15) is 38.6 Å². The van der Waals surface area contributed by atoms with Gasteiger partial charge in [-0.3, -0.25) is 0 Å². The molecule has 3 rings (SSSR count). The molecule has 102 valence electrons. The summed E-state index contributed by atoms with van der Waals surface area (Å²) in [5.41, 5.74) is 2.27. The zero-order valence-electron chi connectivity index (χ0n) is 11.5. The van der Waals surface area contributed by atoms with Gasteiger partial charge in [-0.25, -0.2) is 0 Å². The van der Waals surface area contributed by atoms with E-state index in [0.717, 1.165) is 22.0 Å². The van der Waals surface area contributed by atoms with Gasteiger partial charge in [0.25, 0.3) is 0 Å². The monoisotopic (exact) mass is 276 g/mol. The lowest BCUT2D eigenvalue weighted by Crippen LogP contribution is -2.17. The second-order valence-electron chi connectivity index (χ2n) is 5.61. The smallest absolute Gasteiger partial charge is 0.178 e. The summed E-state index contributed by atoms with van der Waals surface area (Å²) in [5, 5.41) is 0. The molecule has 1 heterocycles. The van der Waals surface area contributed by atoms with E-state index >= 15 is 0 Å². The van der Waals surface area contributed by atoms with Crippen LogP contribution in [0.2, 0.25) is 0 Å². The van der Waals surface area contributed by atoms with E-state index in [1.165, 1.54) is 31.2 Å². The third kappa shape index (κ3) is 2.29. The standard InChI is InChI=1S/C15H20N2OS/c1-10-4-3-5-11(8-10)17-14-7-6-12(18-2)9-13(14)16-15(17)19/h6-7,9-11H,3-5,8H2,1-2H3,(H,16,19). The molecule has 0 spiro atoms. The molecule has 0 amide bonds. The number of hydrogen-bond acceptors (Lipinski definition) is 2. The largest absolute Gasteiger partial charge is 0.497 e. The van der Waals surface area contributed by atoms with E-state index in [4.69, 9.17) is 17.0 Å². The molecule has 19 heavy (non-hydrogen) atoms. The van der Waals surface area contributed by atoms with E-state index in [9.17, 15) is 0 Å². The van der Waals surface area contributed by atoms with Crippen molar-refractivity contribution >= 4 is 23.3 Å². The van der Waals surface area contributed by atoms with Crippen LogP contribution in [0.4, 0.5) is 0 Å². The van der Waals surface area contributed by atoms with E-state index in [-0.39, 0.29) is 0 Å². The normalized spacial score (nSPS) is 23.7. The van der Waals surface area contributed by atoms with Gasteiger partial charge in [0.05, 0.1) is 18.1 Å². The molecule has 1 aromatic heterocycles. The average molecular weight is 276 g/mol. The summed E-state index contributed by atoms with van der Waals surface area (Å²) < 4.78 is 8.41. The maximum Gasteiger partial charge on any atom is 0.178 e. The van der Waals surface area contributed by atoms with Crippen molar-refractivity contribution in [1.82, 2.24) is 9.55 Å². The molecule has 1 aliphatic carbocycles. The Kier molecular flexibility index (Phi) is 3.35. The SMILES string of the molecule is COc1ccc2c(c1)[nH]c(=S)n2C1CCCC(C)C1. The fraction of sp³-hybridized carbons (Fsp3) is 0.533. The van der Waals surface area contributed by atoms with Gasteiger partial charge < -0.3 is 14.3 Å². The first-order valence-corrected chi connectivity index (χ1v) is 7.38. The fourth-order valence-corrected chi connectivity index (χ4v) is 3.59. The summed E-state index contributed by atoms with van der Waals surface area (Å²) >= 11 is 5.52. The molecule has 2 aromatic rings. The molecule has 1 fully saturated rings. The van der Waals surface area contributed by atoms with Crippen molar-refractivity contribution in [3.05, 3.63) is 23.0 Å². The first kappa shape index (κ1) is 12.7. The Morgan fingerprint density at radius 1 is 1.37 bits per heavy atom. The molecule has 1 aromatic carbocycles. The fourth-order valence-electron chi connectivity index (χ4n) is 3.24. The summed E-state index contributed by atoms with van der Waals surface area (Å²) in [7, 11) is 1.69. The van der Waals surface area contributed by atoms with Crippen molar-refractivity contribution in [2.45, 2.75) is 38.6 Å². The molecular weight excluding hydrogens is 256 g/mol. The number of ether oxygens (including phenoxy) is 1. The number of rotatable bonds is 2. The highest BCUT2D eigenvalue weighted by Crippen LogP contribution is 2.35. The highest BCUT2D eigenvalue weighted by atomic mass is 32.1. The van der Waals surface area contributed by atoms with Crippen LogP contribution in [0, 0.1) is 10.7 Å². The molecule has 4 heteroatoms. The Labute approximate surface area is 118 Å². The van der Waals surface area contributed by atoms with Crippen molar-refractivity contribution < 1.29 is 4.74 Å². The summed E-state index contributed by atoms with van der Waals surface area (Å²) in [4.78, 5) is 3.31. The van der Waals surface area contributed by atoms with Gasteiger partial charge in [-0.2, -0.15) is 0 Å². The third-order valence-corrected chi connectivity index (χ3v) is 4.50. The minimum atomic E-state index is 0.540. The minimum Gasteiger partial charge on any atom is -0.497 e. The van der Waals surface area contributed by atoms with Gasteiger partial charge in [0.15, 0.2) is 4.77 Å². The highest BCUT2D eigenvalue weighted by molar-refractivity contribution is 7.71. The van der Waals surface area contributed by atoms with E-state index in [2.05, 4.69) is 22.5 Å². The Balaban J connectivity index is 2.07. The Morgan fingerprint density at radius 3 is 2.95 bits per heavy atom. The molecule has 1 saturated carbocycles. The first-order valence-electron chi connectivity index (χ1n) is 6.97. The molecular formula is C15H20N2OS. The number of nitrogens with zero attached hydrogens (tertiary/aromatic N) is 1. The van der Waals surface area contributed by atoms with Crippen LogP contribution in [0.5, 0.6) is 5.75 Å². The average Bonchev–Trinajstić information content (AvgIpc) is 2.73. The molecule has 0 saturated heterocycles. The van der Waals surface area contributed by atoms with Crippen LogP contribution in [-0.4, -0.2) is 16.7 Å². The number of imidazole rings is 1. The van der Waals surface area contributed by atoms with Gasteiger partial charge in [-0.15, -0.1) is 0 Å². The lowest BCUT2D eigenvalue weighted by molar-refractivity contribution is 0.285. The van der Waals surface area contributed by atoms with Crippen molar-refractivity contribution in [2.75, 3.05) is 7.11 Å². The lowest BCUT2D eigenvalue weighted by Gasteiger charge is -2.28. The molecule has 1 aliphatic rings. The summed E-state index contributed by atoms with van der Waals surface area (Å²) in [6.45, 7) is 2.34. The third-order valence-electron chi connectivity index (χ3n) is 4.20. The van der Waals surface area contributed by atoms with Gasteiger partial charge in [0, 0.05) is 12.1 Å². The van der Waals surface area contributed by atoms with Gasteiger partial charge in [0.1, 0.15) is 5.75 Å². The zero-order valence-corrected chi connectivity index (χ0v) is 12.3. The van der Waals surface area contributed by atoms with Crippen LogP contribution < -0.4 is 4.74 Å². The molecule has 0 radical (unpaired) electrons. The maximum absolute atomic E-state index is 5.52. The lowest BCUT2D eigenvalue weighted by atomic mass is 9.87. The minimum absolute atomic E-state index is 0.540. The second-order valence-corrected chi connectivity index (χ2v) is 6.00. The molecule has 1 N–H and O–H groups in total.